The first-order valence-electron chi connectivity index (χ1n) is 9.02. The van der Waals surface area contributed by atoms with Crippen LogP contribution >= 0.6 is 0 Å². The maximum atomic E-state index is 12.5. The van der Waals surface area contributed by atoms with E-state index in [1.807, 2.05) is 36.4 Å². The fraction of sp³-hybridized carbons (Fsp3) is 0.300. The SMILES string of the molecule is O=C(CN1C(=O)C(=O)N(C2CCCC2)C1=O)Nc1ccc2ccccc2c1. The van der Waals surface area contributed by atoms with E-state index in [9.17, 15) is 19.2 Å². The molecule has 2 aliphatic rings. The number of nitrogens with zero attached hydrogens (tertiary/aromatic N) is 2. The van der Waals surface area contributed by atoms with Crippen molar-refractivity contribution in [3.05, 3.63) is 42.5 Å². The van der Waals surface area contributed by atoms with E-state index < -0.39 is 30.3 Å². The molecule has 2 fully saturated rings. The van der Waals surface area contributed by atoms with Gasteiger partial charge in [0.25, 0.3) is 0 Å². The zero-order chi connectivity index (χ0) is 19.0. The van der Waals surface area contributed by atoms with Crippen LogP contribution in [0.25, 0.3) is 10.8 Å². The average molecular weight is 365 g/mol. The van der Waals surface area contributed by atoms with Crippen molar-refractivity contribution in [1.29, 1.82) is 0 Å². The van der Waals surface area contributed by atoms with Gasteiger partial charge >= 0.3 is 17.8 Å². The molecule has 1 saturated heterocycles. The Morgan fingerprint density at radius 2 is 1.67 bits per heavy atom. The summed E-state index contributed by atoms with van der Waals surface area (Å²) in [6.45, 7) is -0.473. The molecule has 4 rings (SSSR count). The largest absolute Gasteiger partial charge is 0.334 e. The zero-order valence-electron chi connectivity index (χ0n) is 14.7. The van der Waals surface area contributed by atoms with E-state index in [-0.39, 0.29) is 6.04 Å². The van der Waals surface area contributed by atoms with Gasteiger partial charge in [0.1, 0.15) is 6.54 Å². The second-order valence-corrected chi connectivity index (χ2v) is 6.90. The summed E-state index contributed by atoms with van der Waals surface area (Å²) in [4.78, 5) is 51.0. The maximum Gasteiger partial charge on any atom is 0.334 e. The third-order valence-electron chi connectivity index (χ3n) is 5.11. The quantitative estimate of drug-likeness (QED) is 0.666. The second-order valence-electron chi connectivity index (χ2n) is 6.90. The summed E-state index contributed by atoms with van der Waals surface area (Å²) < 4.78 is 0. The van der Waals surface area contributed by atoms with Gasteiger partial charge in [-0.15, -0.1) is 0 Å². The van der Waals surface area contributed by atoms with Crippen LogP contribution in [0.3, 0.4) is 0 Å². The Hall–Kier alpha value is -3.22. The van der Waals surface area contributed by atoms with Crippen LogP contribution in [-0.4, -0.2) is 46.1 Å². The first-order chi connectivity index (χ1) is 13.0. The summed E-state index contributed by atoms with van der Waals surface area (Å²) in [6.07, 6.45) is 3.28. The number of nitrogens with one attached hydrogen (secondary N) is 1. The molecular weight excluding hydrogens is 346 g/mol. The Labute approximate surface area is 155 Å². The second kappa shape index (κ2) is 6.83. The lowest BCUT2D eigenvalue weighted by Crippen LogP contribution is -2.41. The molecule has 0 atom stereocenters. The van der Waals surface area contributed by atoms with Crippen LogP contribution in [0, 0.1) is 0 Å². The molecule has 5 amide bonds. The number of carbonyl (C=O) groups is 4. The molecule has 27 heavy (non-hydrogen) atoms. The van der Waals surface area contributed by atoms with Gasteiger partial charge in [0, 0.05) is 11.7 Å². The van der Waals surface area contributed by atoms with E-state index >= 15 is 0 Å². The van der Waals surface area contributed by atoms with Gasteiger partial charge in [-0.25, -0.2) is 9.69 Å². The molecule has 1 aliphatic carbocycles. The monoisotopic (exact) mass is 365 g/mol. The molecule has 0 aromatic heterocycles. The van der Waals surface area contributed by atoms with Gasteiger partial charge in [-0.2, -0.15) is 0 Å². The van der Waals surface area contributed by atoms with Gasteiger partial charge in [0.15, 0.2) is 0 Å². The third kappa shape index (κ3) is 3.16. The highest BCUT2D eigenvalue weighted by Gasteiger charge is 2.48. The van der Waals surface area contributed by atoms with Crippen molar-refractivity contribution in [1.82, 2.24) is 9.80 Å². The number of carbonyl (C=O) groups excluding carboxylic acids is 4. The minimum absolute atomic E-state index is 0.234. The molecule has 0 spiro atoms. The molecule has 7 nitrogen and oxygen atoms in total. The van der Waals surface area contributed by atoms with Crippen molar-refractivity contribution in [3.63, 3.8) is 0 Å². The van der Waals surface area contributed by atoms with E-state index in [2.05, 4.69) is 5.32 Å². The Balaban J connectivity index is 1.46. The van der Waals surface area contributed by atoms with Crippen LogP contribution in [0.5, 0.6) is 0 Å². The van der Waals surface area contributed by atoms with Crippen molar-refractivity contribution < 1.29 is 19.2 Å². The van der Waals surface area contributed by atoms with E-state index in [0.717, 1.165) is 33.4 Å². The number of benzene rings is 2. The molecule has 7 heteroatoms. The topological polar surface area (TPSA) is 86.8 Å². The third-order valence-corrected chi connectivity index (χ3v) is 5.11. The number of amides is 5. The highest BCUT2D eigenvalue weighted by Crippen LogP contribution is 2.27. The van der Waals surface area contributed by atoms with Crippen molar-refractivity contribution in [3.8, 4) is 0 Å². The van der Waals surface area contributed by atoms with E-state index in [1.54, 1.807) is 6.07 Å². The van der Waals surface area contributed by atoms with Crippen LogP contribution in [-0.2, 0) is 14.4 Å². The predicted octanol–water partition coefficient (Wildman–Crippen LogP) is 2.51. The van der Waals surface area contributed by atoms with E-state index in [1.165, 1.54) is 0 Å². The number of urea groups is 1. The molecule has 0 bridgehead atoms. The zero-order valence-corrected chi connectivity index (χ0v) is 14.7. The summed E-state index contributed by atoms with van der Waals surface area (Å²) >= 11 is 0. The van der Waals surface area contributed by atoms with Crippen LogP contribution in [0.15, 0.2) is 42.5 Å². The van der Waals surface area contributed by atoms with Gasteiger partial charge < -0.3 is 5.32 Å². The number of rotatable bonds is 4. The molecule has 1 N–H and O–H groups in total. The number of anilines is 1. The van der Waals surface area contributed by atoms with Gasteiger partial charge in [-0.1, -0.05) is 43.2 Å². The molecule has 0 unspecified atom stereocenters. The fourth-order valence-corrected chi connectivity index (χ4v) is 3.76. The number of hydrogen-bond acceptors (Lipinski definition) is 4. The van der Waals surface area contributed by atoms with Gasteiger partial charge in [0.2, 0.25) is 5.91 Å². The first-order valence-corrected chi connectivity index (χ1v) is 9.02. The molecule has 1 saturated carbocycles. The number of fused-ring (bicyclic) bond motifs is 1. The lowest BCUT2D eigenvalue weighted by Gasteiger charge is -2.20. The minimum atomic E-state index is -0.930. The summed E-state index contributed by atoms with van der Waals surface area (Å²) in [5.41, 5.74) is 0.566. The smallest absolute Gasteiger partial charge is 0.325 e. The summed E-state index contributed by atoms with van der Waals surface area (Å²) in [5.74, 6) is -2.28. The van der Waals surface area contributed by atoms with E-state index in [0.29, 0.717) is 18.5 Å². The van der Waals surface area contributed by atoms with Crippen molar-refractivity contribution in [2.45, 2.75) is 31.7 Å². The van der Waals surface area contributed by atoms with Crippen molar-refractivity contribution in [2.75, 3.05) is 11.9 Å². The molecule has 0 radical (unpaired) electrons. The predicted molar refractivity (Wildman–Crippen MR) is 98.8 cm³/mol. The molecule has 138 valence electrons. The summed E-state index contributed by atoms with van der Waals surface area (Å²) in [5, 5.41) is 4.69. The molecule has 2 aromatic rings. The molecular formula is C20H19N3O4. The van der Waals surface area contributed by atoms with Crippen LogP contribution in [0.2, 0.25) is 0 Å². The lowest BCUT2D eigenvalue weighted by molar-refractivity contribution is -0.144. The minimum Gasteiger partial charge on any atom is -0.325 e. The van der Waals surface area contributed by atoms with Crippen LogP contribution in [0.1, 0.15) is 25.7 Å². The Morgan fingerprint density at radius 3 is 2.41 bits per heavy atom. The summed E-state index contributed by atoms with van der Waals surface area (Å²) in [7, 11) is 0. The number of imide groups is 2. The van der Waals surface area contributed by atoms with Gasteiger partial charge in [-0.3, -0.25) is 19.3 Å². The molecule has 2 aromatic carbocycles. The highest BCUT2D eigenvalue weighted by molar-refractivity contribution is 6.45. The fourth-order valence-electron chi connectivity index (χ4n) is 3.76. The Bertz CT molecular complexity index is 949. The molecule has 1 heterocycles. The molecule has 1 aliphatic heterocycles. The van der Waals surface area contributed by atoms with Gasteiger partial charge in [0.05, 0.1) is 0 Å². The van der Waals surface area contributed by atoms with Gasteiger partial charge in [-0.05, 0) is 35.7 Å². The standard InChI is InChI=1S/C20H19N3O4/c24-17(21-15-10-9-13-5-1-2-6-14(13)11-15)12-22-18(25)19(26)23(20(22)27)16-7-3-4-8-16/h1-2,5-6,9-11,16H,3-4,7-8,12H2,(H,21,24). The van der Waals surface area contributed by atoms with Crippen LogP contribution in [0.4, 0.5) is 10.5 Å². The van der Waals surface area contributed by atoms with Crippen LogP contribution < -0.4 is 5.32 Å². The summed E-state index contributed by atoms with van der Waals surface area (Å²) in [6, 6.07) is 12.2. The normalized spacial score (nSPS) is 18.0. The van der Waals surface area contributed by atoms with Crippen molar-refractivity contribution in [2.24, 2.45) is 0 Å². The number of hydrogen-bond donors (Lipinski definition) is 1. The lowest BCUT2D eigenvalue weighted by atomic mass is 10.1. The van der Waals surface area contributed by atoms with E-state index in [4.69, 9.17) is 0 Å². The average Bonchev–Trinajstić information content (AvgIpc) is 3.25. The maximum absolute atomic E-state index is 12.5. The Morgan fingerprint density at radius 1 is 0.963 bits per heavy atom. The highest BCUT2D eigenvalue weighted by atomic mass is 16.2. The Kier molecular flexibility index (Phi) is 4.35. The first kappa shape index (κ1) is 17.2. The van der Waals surface area contributed by atoms with Crippen molar-refractivity contribution >= 4 is 40.2 Å².